The predicted octanol–water partition coefficient (Wildman–Crippen LogP) is 16.9. The Hall–Kier alpha value is -6.38. The van der Waals surface area contributed by atoms with Crippen LogP contribution in [-0.2, 0) is 0 Å². The van der Waals surface area contributed by atoms with E-state index in [0.29, 0.717) is 17.8 Å². The van der Waals surface area contributed by atoms with Crippen LogP contribution in [0.1, 0.15) is 87.1 Å². The summed E-state index contributed by atoms with van der Waals surface area (Å²) in [6, 6.07) is 57.8. The van der Waals surface area contributed by atoms with Gasteiger partial charge < -0.3 is 9.47 Å². The standard InChI is InChI=1S/C57H52N2/c1-34(2)39-23-26-47-50(30-39)46-25-22-40(35(3)4)31-51(46)54-48-27-24-41(36(5)6)32-52(48)55-49-20-9-10-21-53(49)59(57(55)56(47)54)45-19-13-18-44(33-45)58(42-16-11-14-37(7)28-42)43-17-12-15-38(8)29-43/h9-36H,1-8H3. The van der Waals surface area contributed by atoms with Crippen LogP contribution in [0.4, 0.5) is 17.1 Å². The van der Waals surface area contributed by atoms with Crippen molar-refractivity contribution in [3.05, 3.63) is 179 Å². The van der Waals surface area contributed by atoms with Gasteiger partial charge in [0.25, 0.3) is 0 Å². The van der Waals surface area contributed by atoms with E-state index in [1.54, 1.807) is 0 Å². The molecule has 2 nitrogen and oxygen atoms in total. The number of benzene rings is 9. The Labute approximate surface area is 348 Å². The summed E-state index contributed by atoms with van der Waals surface area (Å²) in [6.07, 6.45) is 0. The average molecular weight is 765 g/mol. The van der Waals surface area contributed by atoms with E-state index in [4.69, 9.17) is 0 Å². The van der Waals surface area contributed by atoms with Crippen molar-refractivity contribution in [1.29, 1.82) is 0 Å². The lowest BCUT2D eigenvalue weighted by molar-refractivity contribution is 0.868. The number of hydrogen-bond donors (Lipinski definition) is 0. The summed E-state index contributed by atoms with van der Waals surface area (Å²) in [5.74, 6) is 1.23. The molecule has 0 aliphatic carbocycles. The molecule has 2 heteroatoms. The van der Waals surface area contributed by atoms with E-state index in [2.05, 4.69) is 217 Å². The number of hydrogen-bond acceptors (Lipinski definition) is 1. The molecule has 0 N–H and O–H groups in total. The van der Waals surface area contributed by atoms with Crippen LogP contribution >= 0.6 is 0 Å². The topological polar surface area (TPSA) is 8.17 Å². The first-order valence-electron chi connectivity index (χ1n) is 21.4. The zero-order valence-corrected chi connectivity index (χ0v) is 35.6. The summed E-state index contributed by atoms with van der Waals surface area (Å²) in [5.41, 5.74) is 13.6. The molecule has 10 aromatic rings. The lowest BCUT2D eigenvalue weighted by Crippen LogP contribution is -2.11. The summed E-state index contributed by atoms with van der Waals surface area (Å²) in [6.45, 7) is 18.2. The number of anilines is 3. The second-order valence-electron chi connectivity index (χ2n) is 17.7. The predicted molar refractivity (Wildman–Crippen MR) is 257 cm³/mol. The number of aryl methyl sites for hydroxylation is 2. The molecule has 0 saturated carbocycles. The Kier molecular flexibility index (Phi) is 8.87. The maximum absolute atomic E-state index is 2.58. The number of rotatable bonds is 7. The van der Waals surface area contributed by atoms with Crippen molar-refractivity contribution in [2.75, 3.05) is 4.90 Å². The van der Waals surface area contributed by atoms with Crippen molar-refractivity contribution in [3.63, 3.8) is 0 Å². The van der Waals surface area contributed by atoms with E-state index in [-0.39, 0.29) is 0 Å². The molecule has 0 saturated heterocycles. The largest absolute Gasteiger partial charge is 0.310 e. The molecule has 0 bridgehead atoms. The zero-order chi connectivity index (χ0) is 40.7. The van der Waals surface area contributed by atoms with Gasteiger partial charge in [0.2, 0.25) is 0 Å². The normalized spacial score (nSPS) is 12.2. The Morgan fingerprint density at radius 3 is 1.44 bits per heavy atom. The maximum Gasteiger partial charge on any atom is 0.0632 e. The molecule has 10 rings (SSSR count). The van der Waals surface area contributed by atoms with Crippen LogP contribution < -0.4 is 4.90 Å². The van der Waals surface area contributed by atoms with E-state index >= 15 is 0 Å². The first-order valence-corrected chi connectivity index (χ1v) is 21.4. The molecule has 0 radical (unpaired) electrons. The van der Waals surface area contributed by atoms with Gasteiger partial charge in [0.05, 0.1) is 11.0 Å². The van der Waals surface area contributed by atoms with Gasteiger partial charge in [-0.05, 0) is 140 Å². The Morgan fingerprint density at radius 1 is 0.373 bits per heavy atom. The molecule has 1 heterocycles. The highest BCUT2D eigenvalue weighted by Gasteiger charge is 2.24. The van der Waals surface area contributed by atoms with Gasteiger partial charge in [0, 0.05) is 44.3 Å². The second-order valence-corrected chi connectivity index (χ2v) is 17.7. The van der Waals surface area contributed by atoms with Gasteiger partial charge >= 0.3 is 0 Å². The Balaban J connectivity index is 1.42. The molecule has 59 heavy (non-hydrogen) atoms. The fourth-order valence-electron chi connectivity index (χ4n) is 9.64. The Bertz CT molecular complexity index is 3240. The van der Waals surface area contributed by atoms with Gasteiger partial charge in [-0.15, -0.1) is 0 Å². The number of para-hydroxylation sites is 1. The third-order valence-electron chi connectivity index (χ3n) is 12.7. The highest BCUT2D eigenvalue weighted by atomic mass is 15.1. The number of aromatic nitrogens is 1. The van der Waals surface area contributed by atoms with Crippen LogP contribution in [0.15, 0.2) is 152 Å². The molecular weight excluding hydrogens is 713 g/mol. The lowest BCUT2D eigenvalue weighted by atomic mass is 9.85. The van der Waals surface area contributed by atoms with E-state index in [1.807, 2.05) is 0 Å². The number of nitrogens with zero attached hydrogens (tertiary/aromatic N) is 2. The summed E-state index contributed by atoms with van der Waals surface area (Å²) >= 11 is 0. The molecule has 0 unspecified atom stereocenters. The molecule has 1 aromatic heterocycles. The van der Waals surface area contributed by atoms with Crippen LogP contribution in [0, 0.1) is 13.8 Å². The van der Waals surface area contributed by atoms with Crippen LogP contribution in [0.25, 0.3) is 70.6 Å². The van der Waals surface area contributed by atoms with Crippen LogP contribution in [0.2, 0.25) is 0 Å². The van der Waals surface area contributed by atoms with Crippen molar-refractivity contribution < 1.29 is 0 Å². The van der Waals surface area contributed by atoms with Gasteiger partial charge in [-0.1, -0.05) is 145 Å². The lowest BCUT2D eigenvalue weighted by Gasteiger charge is -2.27. The first kappa shape index (κ1) is 36.9. The van der Waals surface area contributed by atoms with Crippen molar-refractivity contribution in [3.8, 4) is 5.69 Å². The summed E-state index contributed by atoms with van der Waals surface area (Å²) in [5, 5.41) is 13.2. The smallest absolute Gasteiger partial charge is 0.0632 e. The minimum Gasteiger partial charge on any atom is -0.310 e. The molecule has 9 aromatic carbocycles. The Morgan fingerprint density at radius 2 is 0.864 bits per heavy atom. The van der Waals surface area contributed by atoms with Crippen molar-refractivity contribution in [2.45, 2.75) is 73.1 Å². The second kappa shape index (κ2) is 14.2. The molecule has 0 aliphatic heterocycles. The highest BCUT2D eigenvalue weighted by Crippen LogP contribution is 2.49. The molecule has 0 spiro atoms. The number of fused-ring (bicyclic) bond motifs is 13. The van der Waals surface area contributed by atoms with Gasteiger partial charge in [-0.3, -0.25) is 0 Å². The van der Waals surface area contributed by atoms with Crippen molar-refractivity contribution in [2.24, 2.45) is 0 Å². The SMILES string of the molecule is Cc1cccc(N(c2cccc(C)c2)c2cccc(-n3c4ccccc4c4c5cc(C(C)C)ccc5c5c6cc(C(C)C)ccc6c6cc(C(C)C)ccc6c5c43)c2)c1. The van der Waals surface area contributed by atoms with E-state index in [0.717, 1.165) is 22.7 Å². The average Bonchev–Trinajstić information content (AvgIpc) is 3.58. The quantitative estimate of drug-likeness (QED) is 0.147. The molecule has 290 valence electrons. The monoisotopic (exact) mass is 764 g/mol. The van der Waals surface area contributed by atoms with Crippen LogP contribution in [0.5, 0.6) is 0 Å². The van der Waals surface area contributed by atoms with Crippen LogP contribution in [0.3, 0.4) is 0 Å². The zero-order valence-electron chi connectivity index (χ0n) is 35.6. The molecule has 0 atom stereocenters. The minimum atomic E-state index is 0.403. The summed E-state index contributed by atoms with van der Waals surface area (Å²) in [4.78, 5) is 2.41. The molecule has 0 fully saturated rings. The van der Waals surface area contributed by atoms with Gasteiger partial charge in [0.15, 0.2) is 0 Å². The van der Waals surface area contributed by atoms with E-state index in [1.165, 1.54) is 92.7 Å². The summed E-state index contributed by atoms with van der Waals surface area (Å²) < 4.78 is 2.58. The third kappa shape index (κ3) is 5.99. The fourth-order valence-corrected chi connectivity index (χ4v) is 9.64. The fraction of sp³-hybridized carbons (Fsp3) is 0.193. The minimum absolute atomic E-state index is 0.403. The summed E-state index contributed by atoms with van der Waals surface area (Å²) in [7, 11) is 0. The van der Waals surface area contributed by atoms with Gasteiger partial charge in [-0.25, -0.2) is 0 Å². The van der Waals surface area contributed by atoms with E-state index in [9.17, 15) is 0 Å². The van der Waals surface area contributed by atoms with Crippen molar-refractivity contribution in [1.82, 2.24) is 4.57 Å². The first-order chi connectivity index (χ1) is 28.6. The van der Waals surface area contributed by atoms with Gasteiger partial charge in [0.1, 0.15) is 0 Å². The third-order valence-corrected chi connectivity index (χ3v) is 12.7. The molecule has 0 aliphatic rings. The van der Waals surface area contributed by atoms with Crippen LogP contribution in [-0.4, -0.2) is 4.57 Å². The van der Waals surface area contributed by atoms with Crippen molar-refractivity contribution >= 4 is 82.0 Å². The molecule has 0 amide bonds. The maximum atomic E-state index is 2.58. The molecular formula is C57H52N2. The van der Waals surface area contributed by atoms with E-state index < -0.39 is 0 Å². The van der Waals surface area contributed by atoms with Gasteiger partial charge in [-0.2, -0.15) is 0 Å². The highest BCUT2D eigenvalue weighted by molar-refractivity contribution is 6.42.